The Hall–Kier alpha value is -2.28. The van der Waals surface area contributed by atoms with Crippen molar-refractivity contribution < 1.29 is 9.90 Å². The second kappa shape index (κ2) is 5.73. The van der Waals surface area contributed by atoms with Crippen LogP contribution in [0.15, 0.2) is 18.5 Å². The van der Waals surface area contributed by atoms with Crippen molar-refractivity contribution in [3.05, 3.63) is 24.2 Å². The fourth-order valence-corrected chi connectivity index (χ4v) is 3.36. The summed E-state index contributed by atoms with van der Waals surface area (Å²) >= 11 is 0. The summed E-state index contributed by atoms with van der Waals surface area (Å²) in [6.45, 7) is 9.47. The SMILES string of the molecule is C=C1[C@H](CC)[C@@H](O)C[C@@H]1n1cnc2c(C)nc(NC(C)=O)nc21. The minimum atomic E-state index is -0.396. The van der Waals surface area contributed by atoms with Gasteiger partial charge in [0.2, 0.25) is 11.9 Å². The maximum absolute atomic E-state index is 11.3. The van der Waals surface area contributed by atoms with Crippen LogP contribution >= 0.6 is 0 Å². The van der Waals surface area contributed by atoms with Gasteiger partial charge in [0, 0.05) is 12.8 Å². The van der Waals surface area contributed by atoms with Crippen molar-refractivity contribution in [1.82, 2.24) is 19.5 Å². The standard InChI is InChI=1S/C16H21N5O2/c1-5-11-8(2)12(6-13(11)23)21-7-17-14-9(3)18-16(19-10(4)22)20-15(14)21/h7,11-13,23H,2,5-6H2,1,3-4H3,(H,18,19,20,22)/t11-,12-,13-/m0/s1. The van der Waals surface area contributed by atoms with Crippen molar-refractivity contribution in [3.63, 3.8) is 0 Å². The van der Waals surface area contributed by atoms with Crippen LogP contribution in [0.25, 0.3) is 11.2 Å². The average molecular weight is 315 g/mol. The number of anilines is 1. The van der Waals surface area contributed by atoms with Gasteiger partial charge >= 0.3 is 0 Å². The maximum Gasteiger partial charge on any atom is 0.231 e. The Bertz CT molecular complexity index is 782. The fourth-order valence-electron chi connectivity index (χ4n) is 3.36. The van der Waals surface area contributed by atoms with E-state index >= 15 is 0 Å². The van der Waals surface area contributed by atoms with Gasteiger partial charge in [-0.2, -0.15) is 4.98 Å². The van der Waals surface area contributed by atoms with Gasteiger partial charge in [0.05, 0.1) is 24.2 Å². The van der Waals surface area contributed by atoms with Crippen LogP contribution in [0, 0.1) is 12.8 Å². The van der Waals surface area contributed by atoms with Crippen molar-refractivity contribution >= 4 is 23.0 Å². The third kappa shape index (κ3) is 2.61. The number of hydrogen-bond acceptors (Lipinski definition) is 5. The first-order valence-electron chi connectivity index (χ1n) is 7.77. The normalized spacial score (nSPS) is 24.3. The second-order valence-electron chi connectivity index (χ2n) is 6.05. The Labute approximate surface area is 134 Å². The van der Waals surface area contributed by atoms with E-state index in [0.29, 0.717) is 23.3 Å². The Kier molecular flexibility index (Phi) is 3.89. The highest BCUT2D eigenvalue weighted by Crippen LogP contribution is 2.41. The van der Waals surface area contributed by atoms with E-state index in [1.165, 1.54) is 6.92 Å². The van der Waals surface area contributed by atoms with Gasteiger partial charge in [-0.3, -0.25) is 10.1 Å². The molecule has 23 heavy (non-hydrogen) atoms. The van der Waals surface area contributed by atoms with Crippen LogP contribution in [-0.2, 0) is 4.79 Å². The summed E-state index contributed by atoms with van der Waals surface area (Å²) in [6, 6.07) is -0.0422. The lowest BCUT2D eigenvalue weighted by Gasteiger charge is -2.16. The number of nitrogens with zero attached hydrogens (tertiary/aromatic N) is 4. The van der Waals surface area contributed by atoms with E-state index in [2.05, 4.69) is 33.8 Å². The summed E-state index contributed by atoms with van der Waals surface area (Å²) in [7, 11) is 0. The first-order chi connectivity index (χ1) is 10.9. The van der Waals surface area contributed by atoms with Crippen molar-refractivity contribution in [1.29, 1.82) is 0 Å². The molecule has 7 heteroatoms. The van der Waals surface area contributed by atoms with E-state index < -0.39 is 6.10 Å². The molecule has 0 unspecified atom stereocenters. The summed E-state index contributed by atoms with van der Waals surface area (Å²) in [5, 5.41) is 12.9. The first kappa shape index (κ1) is 15.6. The quantitative estimate of drug-likeness (QED) is 0.845. The van der Waals surface area contributed by atoms with Gasteiger partial charge in [-0.25, -0.2) is 9.97 Å². The monoisotopic (exact) mass is 315 g/mol. The Morgan fingerprint density at radius 3 is 2.87 bits per heavy atom. The van der Waals surface area contributed by atoms with E-state index in [0.717, 1.165) is 12.0 Å². The van der Waals surface area contributed by atoms with Crippen LogP contribution in [0.2, 0.25) is 0 Å². The summed E-state index contributed by atoms with van der Waals surface area (Å²) in [6.07, 6.45) is 2.77. The van der Waals surface area contributed by atoms with Crippen molar-refractivity contribution in [2.45, 2.75) is 45.8 Å². The molecule has 0 aromatic carbocycles. The van der Waals surface area contributed by atoms with Gasteiger partial charge in [-0.1, -0.05) is 13.5 Å². The van der Waals surface area contributed by atoms with Gasteiger partial charge in [-0.15, -0.1) is 0 Å². The zero-order valence-corrected chi connectivity index (χ0v) is 13.6. The average Bonchev–Trinajstić information content (AvgIpc) is 2.99. The molecule has 0 spiro atoms. The molecule has 2 N–H and O–H groups in total. The molecule has 122 valence electrons. The molecule has 2 aromatic rings. The van der Waals surface area contributed by atoms with E-state index in [1.54, 1.807) is 6.33 Å². The maximum atomic E-state index is 11.3. The molecule has 1 fully saturated rings. The molecule has 3 rings (SSSR count). The zero-order chi connectivity index (χ0) is 16.7. The van der Waals surface area contributed by atoms with E-state index in [1.807, 2.05) is 11.5 Å². The van der Waals surface area contributed by atoms with Gasteiger partial charge in [0.15, 0.2) is 5.65 Å². The molecule has 1 aliphatic rings. The molecule has 2 heterocycles. The molecular formula is C16H21N5O2. The largest absolute Gasteiger partial charge is 0.392 e. The number of carbonyl (C=O) groups is 1. The van der Waals surface area contributed by atoms with E-state index in [4.69, 9.17) is 0 Å². The van der Waals surface area contributed by atoms with Crippen molar-refractivity contribution in [3.8, 4) is 0 Å². The van der Waals surface area contributed by atoms with Crippen LogP contribution in [0.4, 0.5) is 5.95 Å². The van der Waals surface area contributed by atoms with Gasteiger partial charge < -0.3 is 9.67 Å². The number of amides is 1. The number of aliphatic hydroxyl groups excluding tert-OH is 1. The summed E-state index contributed by atoms with van der Waals surface area (Å²) in [5.41, 5.74) is 3.04. The third-order valence-electron chi connectivity index (χ3n) is 4.49. The minimum Gasteiger partial charge on any atom is -0.392 e. The molecule has 0 bridgehead atoms. The lowest BCUT2D eigenvalue weighted by atomic mass is 9.98. The third-order valence-corrected chi connectivity index (χ3v) is 4.49. The summed E-state index contributed by atoms with van der Waals surface area (Å²) in [4.78, 5) is 24.3. The first-order valence-corrected chi connectivity index (χ1v) is 7.77. The molecule has 0 radical (unpaired) electrons. The Balaban J connectivity index is 2.07. The van der Waals surface area contributed by atoms with Crippen LogP contribution < -0.4 is 5.32 Å². The molecule has 2 aromatic heterocycles. The van der Waals surface area contributed by atoms with Crippen LogP contribution in [0.3, 0.4) is 0 Å². The number of rotatable bonds is 3. The lowest BCUT2D eigenvalue weighted by Crippen LogP contribution is -2.12. The minimum absolute atomic E-state index is 0.0422. The molecule has 0 saturated heterocycles. The highest BCUT2D eigenvalue weighted by atomic mass is 16.3. The number of fused-ring (bicyclic) bond motifs is 1. The molecule has 1 aliphatic carbocycles. The Morgan fingerprint density at radius 2 is 2.26 bits per heavy atom. The number of hydrogen-bond donors (Lipinski definition) is 2. The number of nitrogens with one attached hydrogen (secondary N) is 1. The van der Waals surface area contributed by atoms with Crippen LogP contribution in [0.5, 0.6) is 0 Å². The molecule has 0 aliphatic heterocycles. The molecule has 7 nitrogen and oxygen atoms in total. The number of aliphatic hydroxyl groups is 1. The highest BCUT2D eigenvalue weighted by molar-refractivity contribution is 5.88. The number of aryl methyl sites for hydroxylation is 1. The Morgan fingerprint density at radius 1 is 1.52 bits per heavy atom. The van der Waals surface area contributed by atoms with Crippen molar-refractivity contribution in [2.24, 2.45) is 5.92 Å². The molecule has 3 atom stereocenters. The summed E-state index contributed by atoms with van der Waals surface area (Å²) < 4.78 is 1.93. The van der Waals surface area contributed by atoms with Gasteiger partial charge in [-0.05, 0) is 25.3 Å². The molecular weight excluding hydrogens is 294 g/mol. The van der Waals surface area contributed by atoms with Crippen LogP contribution in [0.1, 0.15) is 38.4 Å². The fraction of sp³-hybridized carbons (Fsp3) is 0.500. The van der Waals surface area contributed by atoms with Crippen molar-refractivity contribution in [2.75, 3.05) is 5.32 Å². The lowest BCUT2D eigenvalue weighted by molar-refractivity contribution is -0.114. The van der Waals surface area contributed by atoms with E-state index in [9.17, 15) is 9.90 Å². The topological polar surface area (TPSA) is 92.9 Å². The predicted octanol–water partition coefficient (Wildman–Crippen LogP) is 1.98. The molecule has 1 amide bonds. The second-order valence-corrected chi connectivity index (χ2v) is 6.05. The highest BCUT2D eigenvalue weighted by Gasteiger charge is 2.37. The molecule has 1 saturated carbocycles. The number of carbonyl (C=O) groups excluding carboxylic acids is 1. The van der Waals surface area contributed by atoms with Gasteiger partial charge in [0.1, 0.15) is 5.52 Å². The predicted molar refractivity (Wildman–Crippen MR) is 86.9 cm³/mol. The van der Waals surface area contributed by atoms with Gasteiger partial charge in [0.25, 0.3) is 0 Å². The number of imidazole rings is 1. The van der Waals surface area contributed by atoms with E-state index in [-0.39, 0.29) is 23.8 Å². The smallest absolute Gasteiger partial charge is 0.231 e. The zero-order valence-electron chi connectivity index (χ0n) is 13.6. The summed E-state index contributed by atoms with van der Waals surface area (Å²) in [5.74, 6) is 0.136. The number of aromatic nitrogens is 4. The van der Waals surface area contributed by atoms with Crippen LogP contribution in [-0.4, -0.2) is 36.6 Å².